The van der Waals surface area contributed by atoms with E-state index in [4.69, 9.17) is 4.74 Å². The number of benzene rings is 2. The van der Waals surface area contributed by atoms with E-state index >= 15 is 0 Å². The molecule has 0 spiro atoms. The van der Waals surface area contributed by atoms with Crippen LogP contribution in [0, 0.1) is 11.3 Å². The van der Waals surface area contributed by atoms with E-state index in [2.05, 4.69) is 5.32 Å². The largest absolute Gasteiger partial charge is 0.456 e. The van der Waals surface area contributed by atoms with Crippen LogP contribution < -0.4 is 15.0 Å². The Labute approximate surface area is 155 Å². The van der Waals surface area contributed by atoms with Crippen LogP contribution in [0.2, 0.25) is 0 Å². The molecule has 0 aliphatic carbocycles. The molecule has 0 aromatic heterocycles. The van der Waals surface area contributed by atoms with Crippen molar-refractivity contribution in [2.75, 3.05) is 25.0 Å². The van der Waals surface area contributed by atoms with Crippen molar-refractivity contribution < 1.29 is 17.9 Å². The first kappa shape index (κ1) is 17.7. The van der Waals surface area contributed by atoms with E-state index in [1.807, 2.05) is 6.07 Å². The summed E-state index contributed by atoms with van der Waals surface area (Å²) in [5.41, 5.74) is 0.471. The topological polar surface area (TPSA) is 48.3 Å². The molecule has 1 saturated heterocycles. The second-order valence-electron chi connectivity index (χ2n) is 6.89. The molecule has 2 aliphatic rings. The second kappa shape index (κ2) is 6.46. The molecule has 2 heterocycles. The molecule has 1 fully saturated rings. The molecule has 4 nitrogen and oxygen atoms in total. The first-order chi connectivity index (χ1) is 12.9. The van der Waals surface area contributed by atoms with Gasteiger partial charge in [-0.05, 0) is 42.8 Å². The molecule has 2 atom stereocenters. The highest BCUT2D eigenvalue weighted by Gasteiger charge is 2.45. The fraction of sp³-hybridized carbons (Fsp3) is 0.350. The summed E-state index contributed by atoms with van der Waals surface area (Å²) >= 11 is 0. The fourth-order valence-corrected chi connectivity index (χ4v) is 4.15. The number of anilines is 1. The number of hydrogen-bond acceptors (Lipinski definition) is 4. The molecule has 7 heteroatoms. The molecule has 27 heavy (non-hydrogen) atoms. The Morgan fingerprint density at radius 2 is 2.04 bits per heavy atom. The normalized spacial score (nSPS) is 21.4. The molecule has 0 radical (unpaired) electrons. The van der Waals surface area contributed by atoms with Gasteiger partial charge in [0.2, 0.25) is 0 Å². The number of halogens is 3. The number of fused-ring (bicyclic) bond motifs is 3. The van der Waals surface area contributed by atoms with Gasteiger partial charge in [0.1, 0.15) is 17.6 Å². The molecule has 0 bridgehead atoms. The first-order valence-electron chi connectivity index (χ1n) is 8.76. The Morgan fingerprint density at radius 1 is 1.26 bits per heavy atom. The van der Waals surface area contributed by atoms with Crippen LogP contribution >= 0.6 is 0 Å². The van der Waals surface area contributed by atoms with Gasteiger partial charge in [0, 0.05) is 25.6 Å². The van der Waals surface area contributed by atoms with Crippen LogP contribution in [-0.2, 0) is 6.18 Å². The van der Waals surface area contributed by atoms with Crippen LogP contribution in [0.3, 0.4) is 0 Å². The van der Waals surface area contributed by atoms with E-state index in [9.17, 15) is 18.4 Å². The average Bonchev–Trinajstić information content (AvgIpc) is 2.94. The maximum atomic E-state index is 13.8. The summed E-state index contributed by atoms with van der Waals surface area (Å²) in [5, 5.41) is 12.5. The number of para-hydroxylation sites is 1. The number of piperidine rings is 1. The van der Waals surface area contributed by atoms with Gasteiger partial charge < -0.3 is 15.0 Å². The van der Waals surface area contributed by atoms with Gasteiger partial charge in [0.25, 0.3) is 0 Å². The van der Waals surface area contributed by atoms with Crippen molar-refractivity contribution in [3.8, 4) is 17.6 Å². The predicted octanol–water partition coefficient (Wildman–Crippen LogP) is 4.26. The van der Waals surface area contributed by atoms with Gasteiger partial charge in [-0.2, -0.15) is 18.4 Å². The van der Waals surface area contributed by atoms with Crippen molar-refractivity contribution in [2.45, 2.75) is 24.6 Å². The Hall–Kier alpha value is -2.72. The minimum atomic E-state index is -4.49. The Morgan fingerprint density at radius 3 is 2.78 bits per heavy atom. The summed E-state index contributed by atoms with van der Waals surface area (Å²) in [4.78, 5) is 1.76. The van der Waals surface area contributed by atoms with Crippen LogP contribution in [0.15, 0.2) is 36.4 Å². The number of alkyl halides is 3. The Bertz CT molecular complexity index is 920. The minimum Gasteiger partial charge on any atom is -0.456 e. The van der Waals surface area contributed by atoms with E-state index in [0.717, 1.165) is 19.0 Å². The van der Waals surface area contributed by atoms with Crippen molar-refractivity contribution in [3.05, 3.63) is 53.1 Å². The van der Waals surface area contributed by atoms with Crippen molar-refractivity contribution >= 4 is 5.69 Å². The fourth-order valence-electron chi connectivity index (χ4n) is 4.15. The second-order valence-corrected chi connectivity index (χ2v) is 6.89. The lowest BCUT2D eigenvalue weighted by molar-refractivity contribution is -0.137. The standard InChI is InChI=1S/C20H18F3N3O/c1-26-17-6-7-25-11-15(17)14-8-13(9-16(19(14)26)20(21,22)23)27-18-5-3-2-4-12(18)10-24/h2-5,8-9,15,17,25H,6-7,11H2,1H3/t15-,17-/m0/s1. The van der Waals surface area contributed by atoms with Crippen molar-refractivity contribution in [2.24, 2.45) is 0 Å². The monoisotopic (exact) mass is 373 g/mol. The zero-order valence-electron chi connectivity index (χ0n) is 14.7. The van der Waals surface area contributed by atoms with E-state index in [0.29, 0.717) is 12.1 Å². The maximum Gasteiger partial charge on any atom is 0.418 e. The molecule has 4 rings (SSSR count). The lowest BCUT2D eigenvalue weighted by atomic mass is 9.89. The zero-order chi connectivity index (χ0) is 19.2. The van der Waals surface area contributed by atoms with Gasteiger partial charge in [-0.25, -0.2) is 0 Å². The van der Waals surface area contributed by atoms with Gasteiger partial charge in [0.15, 0.2) is 0 Å². The quantitative estimate of drug-likeness (QED) is 0.854. The Kier molecular flexibility index (Phi) is 4.23. The van der Waals surface area contributed by atoms with Gasteiger partial charge in [0.05, 0.1) is 16.8 Å². The van der Waals surface area contributed by atoms with E-state index < -0.39 is 11.7 Å². The third-order valence-corrected chi connectivity index (χ3v) is 5.35. The highest BCUT2D eigenvalue weighted by Crippen LogP contribution is 2.50. The van der Waals surface area contributed by atoms with Crippen LogP contribution in [0.5, 0.6) is 11.5 Å². The molecular formula is C20H18F3N3O. The van der Waals surface area contributed by atoms with E-state index in [1.54, 1.807) is 42.3 Å². The van der Waals surface area contributed by atoms with Gasteiger partial charge >= 0.3 is 6.18 Å². The first-order valence-corrected chi connectivity index (χ1v) is 8.76. The van der Waals surface area contributed by atoms with E-state index in [-0.39, 0.29) is 34.7 Å². The third-order valence-electron chi connectivity index (χ3n) is 5.35. The Balaban J connectivity index is 1.83. The minimum absolute atomic E-state index is 0.0189. The molecule has 140 valence electrons. The number of nitrogens with zero attached hydrogens (tertiary/aromatic N) is 2. The molecular weight excluding hydrogens is 355 g/mol. The van der Waals surface area contributed by atoms with Crippen LogP contribution in [0.25, 0.3) is 0 Å². The summed E-state index contributed by atoms with van der Waals surface area (Å²) in [6.07, 6.45) is -3.70. The highest BCUT2D eigenvalue weighted by atomic mass is 19.4. The number of nitrogens with one attached hydrogen (secondary N) is 1. The molecule has 0 amide bonds. The maximum absolute atomic E-state index is 13.8. The van der Waals surface area contributed by atoms with Crippen molar-refractivity contribution in [1.29, 1.82) is 5.26 Å². The van der Waals surface area contributed by atoms with Crippen LogP contribution in [-0.4, -0.2) is 26.2 Å². The van der Waals surface area contributed by atoms with Gasteiger partial charge in [-0.3, -0.25) is 0 Å². The molecule has 0 saturated carbocycles. The third kappa shape index (κ3) is 3.00. The number of likely N-dealkylation sites (N-methyl/N-ethyl adjacent to an activating group) is 1. The van der Waals surface area contributed by atoms with Crippen molar-refractivity contribution in [3.63, 3.8) is 0 Å². The van der Waals surface area contributed by atoms with Crippen LogP contribution in [0.4, 0.5) is 18.9 Å². The van der Waals surface area contributed by atoms with Gasteiger partial charge in [-0.1, -0.05) is 12.1 Å². The molecule has 2 aromatic carbocycles. The van der Waals surface area contributed by atoms with E-state index in [1.165, 1.54) is 0 Å². The van der Waals surface area contributed by atoms with Crippen molar-refractivity contribution in [1.82, 2.24) is 5.32 Å². The highest BCUT2D eigenvalue weighted by molar-refractivity contribution is 5.69. The molecule has 1 N–H and O–H groups in total. The summed E-state index contributed by atoms with van der Waals surface area (Å²) in [6.45, 7) is 1.43. The number of ether oxygens (including phenoxy) is 1. The lowest BCUT2D eigenvalue weighted by Crippen LogP contribution is -2.42. The summed E-state index contributed by atoms with van der Waals surface area (Å²) < 4.78 is 47.1. The average molecular weight is 373 g/mol. The number of rotatable bonds is 2. The zero-order valence-corrected chi connectivity index (χ0v) is 14.7. The number of nitriles is 1. The summed E-state index contributed by atoms with van der Waals surface area (Å²) in [6, 6.07) is 11.3. The predicted molar refractivity (Wildman–Crippen MR) is 95.1 cm³/mol. The lowest BCUT2D eigenvalue weighted by Gasteiger charge is -2.31. The summed E-state index contributed by atoms with van der Waals surface area (Å²) in [5.74, 6) is 0.329. The van der Waals surface area contributed by atoms with Crippen LogP contribution in [0.1, 0.15) is 29.0 Å². The smallest absolute Gasteiger partial charge is 0.418 e. The molecule has 2 aliphatic heterocycles. The number of hydrogen-bond donors (Lipinski definition) is 1. The SMILES string of the molecule is CN1c2c(cc(Oc3ccccc3C#N)cc2C(F)(F)F)[C@@H]2CNCC[C@@H]21. The molecule has 2 aromatic rings. The summed E-state index contributed by atoms with van der Waals surface area (Å²) in [7, 11) is 1.73. The molecule has 0 unspecified atom stereocenters. The van der Waals surface area contributed by atoms with Gasteiger partial charge in [-0.15, -0.1) is 0 Å².